The summed E-state index contributed by atoms with van der Waals surface area (Å²) < 4.78 is 12.9. The van der Waals surface area contributed by atoms with Crippen molar-refractivity contribution in [3.63, 3.8) is 0 Å². The van der Waals surface area contributed by atoms with Crippen molar-refractivity contribution in [2.24, 2.45) is 0 Å². The molecule has 1 aliphatic carbocycles. The van der Waals surface area contributed by atoms with Gasteiger partial charge in [0.25, 0.3) is 0 Å². The Morgan fingerprint density at radius 3 is 2.53 bits per heavy atom. The summed E-state index contributed by atoms with van der Waals surface area (Å²) in [5.74, 6) is 0. The third-order valence-corrected chi connectivity index (χ3v) is 9.17. The third kappa shape index (κ3) is 5.51. The second-order valence-electron chi connectivity index (χ2n) is 11.4. The van der Waals surface area contributed by atoms with Crippen LogP contribution in [0.4, 0.5) is 4.79 Å². The number of ether oxygens (including phenoxy) is 2. The number of benzene rings is 2. The molecule has 0 spiro atoms. The molecule has 7 nitrogen and oxygen atoms in total. The molecule has 0 unspecified atom stereocenters. The molecular formula is C30H36N4O3Si. The van der Waals surface area contributed by atoms with Crippen LogP contribution in [0.15, 0.2) is 67.1 Å². The van der Waals surface area contributed by atoms with Crippen LogP contribution in [0.2, 0.25) is 25.7 Å². The molecule has 0 radical (unpaired) electrons. The summed E-state index contributed by atoms with van der Waals surface area (Å²) in [6.07, 6.45) is 4.93. The minimum absolute atomic E-state index is 0.268. The van der Waals surface area contributed by atoms with Crippen LogP contribution in [0.5, 0.6) is 0 Å². The Morgan fingerprint density at radius 2 is 1.82 bits per heavy atom. The molecule has 8 heteroatoms. The first-order valence-corrected chi connectivity index (χ1v) is 16.9. The number of aromatic nitrogens is 3. The van der Waals surface area contributed by atoms with Crippen molar-refractivity contribution >= 4 is 25.2 Å². The van der Waals surface area contributed by atoms with Crippen LogP contribution in [0, 0.1) is 0 Å². The van der Waals surface area contributed by atoms with Gasteiger partial charge in [-0.3, -0.25) is 0 Å². The number of carbonyl (C=O) groups excluding carboxylic acids is 1. The largest absolute Gasteiger partial charge is 0.453 e. The highest BCUT2D eigenvalue weighted by Crippen LogP contribution is 2.41. The maximum absolute atomic E-state index is 12.0. The monoisotopic (exact) mass is 528 g/mol. The molecule has 0 atom stereocenters. The highest BCUT2D eigenvalue weighted by molar-refractivity contribution is 6.76. The number of methoxy groups -OCH3 is 1. The Kier molecular flexibility index (Phi) is 7.36. The van der Waals surface area contributed by atoms with Gasteiger partial charge in [0, 0.05) is 43.8 Å². The highest BCUT2D eigenvalue weighted by atomic mass is 28.3. The van der Waals surface area contributed by atoms with Crippen LogP contribution in [0.3, 0.4) is 0 Å². The summed E-state index contributed by atoms with van der Waals surface area (Å²) in [6.45, 7) is 8.80. The SMILES string of the molecule is COC(=O)NCC1(c2cccc(-c3ncnc4c3ccn4COCC[Si](C)(C)C)c2)Cc2ccccc2C1. The maximum Gasteiger partial charge on any atom is 0.406 e. The van der Waals surface area contributed by atoms with Crippen molar-refractivity contribution in [1.29, 1.82) is 0 Å². The van der Waals surface area contributed by atoms with E-state index in [4.69, 9.17) is 9.47 Å². The van der Waals surface area contributed by atoms with Gasteiger partial charge in [0.1, 0.15) is 18.7 Å². The minimum atomic E-state index is -1.13. The first kappa shape index (κ1) is 26.1. The predicted molar refractivity (Wildman–Crippen MR) is 153 cm³/mol. The molecular weight excluding hydrogens is 492 g/mol. The van der Waals surface area contributed by atoms with Crippen molar-refractivity contribution in [3.05, 3.63) is 83.8 Å². The van der Waals surface area contributed by atoms with E-state index in [1.807, 2.05) is 10.8 Å². The number of nitrogens with zero attached hydrogens (tertiary/aromatic N) is 3. The lowest BCUT2D eigenvalue weighted by molar-refractivity contribution is 0.0899. The fraction of sp³-hybridized carbons (Fsp3) is 0.367. The van der Waals surface area contributed by atoms with Crippen LogP contribution >= 0.6 is 0 Å². The summed E-state index contributed by atoms with van der Waals surface area (Å²) in [4.78, 5) is 21.3. The van der Waals surface area contributed by atoms with E-state index < -0.39 is 14.2 Å². The van der Waals surface area contributed by atoms with E-state index >= 15 is 0 Å². The molecule has 198 valence electrons. The molecule has 38 heavy (non-hydrogen) atoms. The van der Waals surface area contributed by atoms with Crippen molar-refractivity contribution in [2.75, 3.05) is 20.3 Å². The standard InChI is InChI=1S/C30H36N4O3Si/c1-36-29(35)31-19-30(17-23-8-5-6-9-24(23)18-30)25-11-7-10-22(16-25)27-26-12-13-34(28(26)33-20-32-27)21-37-14-15-38(2,3)4/h5-13,16,20H,14-15,17-19,21H2,1-4H3,(H,31,35). The number of amides is 1. The summed E-state index contributed by atoms with van der Waals surface area (Å²) in [6, 6.07) is 20.3. The maximum atomic E-state index is 12.0. The zero-order valence-corrected chi connectivity index (χ0v) is 23.7. The van der Waals surface area contributed by atoms with Crippen LogP contribution in [0.25, 0.3) is 22.3 Å². The normalized spacial score (nSPS) is 14.4. The molecule has 0 aliphatic heterocycles. The molecule has 4 aromatic rings. The van der Waals surface area contributed by atoms with E-state index in [1.54, 1.807) is 6.33 Å². The summed E-state index contributed by atoms with van der Waals surface area (Å²) in [5.41, 5.74) is 6.33. The van der Waals surface area contributed by atoms with Crippen LogP contribution in [-0.4, -0.2) is 49.0 Å². The Morgan fingerprint density at radius 1 is 1.05 bits per heavy atom. The second-order valence-corrected chi connectivity index (χ2v) is 17.0. The third-order valence-electron chi connectivity index (χ3n) is 7.46. The number of hydrogen-bond donors (Lipinski definition) is 1. The Balaban J connectivity index is 1.45. The minimum Gasteiger partial charge on any atom is -0.453 e. The lowest BCUT2D eigenvalue weighted by atomic mass is 9.77. The van der Waals surface area contributed by atoms with Crippen LogP contribution < -0.4 is 5.32 Å². The molecule has 2 aromatic heterocycles. The Labute approximate surface area is 225 Å². The molecule has 0 saturated heterocycles. The first-order chi connectivity index (χ1) is 18.3. The van der Waals surface area contributed by atoms with Crippen molar-refractivity contribution in [1.82, 2.24) is 19.9 Å². The van der Waals surface area contributed by atoms with Crippen molar-refractivity contribution < 1.29 is 14.3 Å². The topological polar surface area (TPSA) is 78.3 Å². The number of rotatable bonds is 9. The molecule has 2 aromatic carbocycles. The summed E-state index contributed by atoms with van der Waals surface area (Å²) in [5, 5.41) is 3.97. The van der Waals surface area contributed by atoms with E-state index in [0.717, 1.165) is 47.8 Å². The van der Waals surface area contributed by atoms with E-state index in [2.05, 4.69) is 89.5 Å². The van der Waals surface area contributed by atoms with E-state index in [0.29, 0.717) is 13.3 Å². The average molecular weight is 529 g/mol. The Bertz CT molecular complexity index is 1420. The highest BCUT2D eigenvalue weighted by Gasteiger charge is 2.39. The summed E-state index contributed by atoms with van der Waals surface area (Å²) in [7, 11) is 0.264. The van der Waals surface area contributed by atoms with Gasteiger partial charge < -0.3 is 19.4 Å². The van der Waals surface area contributed by atoms with Gasteiger partial charge in [0.05, 0.1) is 12.8 Å². The van der Waals surface area contributed by atoms with Gasteiger partial charge in [0.2, 0.25) is 0 Å². The first-order valence-electron chi connectivity index (χ1n) is 13.2. The zero-order chi connectivity index (χ0) is 26.8. The molecule has 1 N–H and O–H groups in total. The number of hydrogen-bond acceptors (Lipinski definition) is 5. The van der Waals surface area contributed by atoms with Gasteiger partial charge in [-0.15, -0.1) is 0 Å². The number of alkyl carbamates (subject to hydrolysis) is 1. The van der Waals surface area contributed by atoms with Gasteiger partial charge >= 0.3 is 6.09 Å². The van der Waals surface area contributed by atoms with Crippen molar-refractivity contribution in [2.45, 2.75) is 50.7 Å². The van der Waals surface area contributed by atoms with E-state index in [-0.39, 0.29) is 5.41 Å². The fourth-order valence-electron chi connectivity index (χ4n) is 5.31. The van der Waals surface area contributed by atoms with E-state index in [9.17, 15) is 4.79 Å². The fourth-order valence-corrected chi connectivity index (χ4v) is 6.07. The average Bonchev–Trinajstić information content (AvgIpc) is 3.51. The number of carbonyl (C=O) groups is 1. The van der Waals surface area contributed by atoms with Gasteiger partial charge in [-0.1, -0.05) is 62.1 Å². The van der Waals surface area contributed by atoms with Gasteiger partial charge in [0.15, 0.2) is 0 Å². The zero-order valence-electron chi connectivity index (χ0n) is 22.7. The number of fused-ring (bicyclic) bond motifs is 2. The second kappa shape index (κ2) is 10.7. The molecule has 1 amide bonds. The molecule has 0 saturated carbocycles. The lowest BCUT2D eigenvalue weighted by Crippen LogP contribution is -2.41. The molecule has 5 rings (SSSR count). The van der Waals surface area contributed by atoms with E-state index in [1.165, 1.54) is 23.8 Å². The van der Waals surface area contributed by atoms with Gasteiger partial charge in [-0.05, 0) is 47.7 Å². The summed E-state index contributed by atoms with van der Waals surface area (Å²) >= 11 is 0. The van der Waals surface area contributed by atoms with Gasteiger partial charge in [-0.25, -0.2) is 14.8 Å². The lowest BCUT2D eigenvalue weighted by Gasteiger charge is -2.30. The van der Waals surface area contributed by atoms with Crippen molar-refractivity contribution in [3.8, 4) is 11.3 Å². The molecule has 0 fully saturated rings. The van der Waals surface area contributed by atoms with Crippen LogP contribution in [0.1, 0.15) is 16.7 Å². The Hall–Kier alpha value is -3.49. The molecule has 2 heterocycles. The predicted octanol–water partition coefficient (Wildman–Crippen LogP) is 5.80. The number of nitrogens with one attached hydrogen (secondary N) is 1. The molecule has 0 bridgehead atoms. The van der Waals surface area contributed by atoms with Crippen LogP contribution in [-0.2, 0) is 34.5 Å². The quantitative estimate of drug-likeness (QED) is 0.219. The van der Waals surface area contributed by atoms with Gasteiger partial charge in [-0.2, -0.15) is 0 Å². The smallest absolute Gasteiger partial charge is 0.406 e. The molecule has 1 aliphatic rings.